The maximum absolute atomic E-state index is 12.6. The van der Waals surface area contributed by atoms with E-state index in [9.17, 15) is 8.42 Å². The van der Waals surface area contributed by atoms with Crippen LogP contribution in [-0.2, 0) is 10.0 Å². The second-order valence-electron chi connectivity index (χ2n) is 6.87. The Morgan fingerprint density at radius 1 is 1.04 bits per heavy atom. The van der Waals surface area contributed by atoms with E-state index in [1.54, 1.807) is 23.1 Å². The maximum Gasteiger partial charge on any atom is 0.261 e. The summed E-state index contributed by atoms with van der Waals surface area (Å²) in [5.74, 6) is 0. The normalized spacial score (nSPS) is 16.0. The average Bonchev–Trinajstić information content (AvgIpc) is 2.57. The lowest BCUT2D eigenvalue weighted by molar-refractivity contribution is -0.880. The molecule has 1 fully saturated rings. The molecule has 3 rings (SSSR count). The van der Waals surface area contributed by atoms with Gasteiger partial charge in [0.05, 0.1) is 43.8 Å². The molecule has 6 heteroatoms. The lowest BCUT2D eigenvalue weighted by Crippen LogP contribution is -3.12. The first-order valence-corrected chi connectivity index (χ1v) is 10.1. The molecule has 0 unspecified atom stereocenters. The number of likely N-dealkylation sites (N-methyl/N-ethyl adjacent to an activating group) is 1. The molecule has 25 heavy (non-hydrogen) atoms. The van der Waals surface area contributed by atoms with E-state index in [0.717, 1.165) is 43.0 Å². The van der Waals surface area contributed by atoms with E-state index in [2.05, 4.69) is 22.7 Å². The van der Waals surface area contributed by atoms with Crippen molar-refractivity contribution in [2.24, 2.45) is 0 Å². The molecule has 2 N–H and O–H groups in total. The zero-order valence-corrected chi connectivity index (χ0v) is 15.9. The molecule has 0 bridgehead atoms. The number of hydrogen-bond donors (Lipinski definition) is 2. The van der Waals surface area contributed by atoms with Gasteiger partial charge in [-0.15, -0.1) is 0 Å². The summed E-state index contributed by atoms with van der Waals surface area (Å²) < 4.78 is 27.9. The van der Waals surface area contributed by atoms with Crippen LogP contribution in [-0.4, -0.2) is 41.6 Å². The van der Waals surface area contributed by atoms with Crippen molar-refractivity contribution in [2.75, 3.05) is 42.8 Å². The number of sulfonamides is 1. The number of hydrogen-bond acceptors (Lipinski definition) is 3. The monoisotopic (exact) mass is 360 g/mol. The summed E-state index contributed by atoms with van der Waals surface area (Å²) in [7, 11) is -1.36. The van der Waals surface area contributed by atoms with Crippen LogP contribution in [0, 0.1) is 13.8 Å². The Bertz CT molecular complexity index is 857. The fourth-order valence-corrected chi connectivity index (χ4v) is 4.33. The van der Waals surface area contributed by atoms with Crippen LogP contribution < -0.4 is 14.5 Å². The van der Waals surface area contributed by atoms with Crippen LogP contribution >= 0.6 is 0 Å². The average molecular weight is 361 g/mol. The maximum atomic E-state index is 12.6. The Hall–Kier alpha value is -2.05. The molecule has 1 aliphatic rings. The number of benzene rings is 2. The lowest BCUT2D eigenvalue weighted by Gasteiger charge is -2.32. The standard InChI is InChI=1S/C19H25N3O2S/c1-15-5-4-6-18(13-15)25(23,24)20-19-8-7-17(14-16(19)2)22-11-9-21(3)10-12-22/h4-8,13-14,20H,9-12H2,1-3H3/p+1. The fraction of sp³-hybridized carbons (Fsp3) is 0.368. The quantitative estimate of drug-likeness (QED) is 0.868. The van der Waals surface area contributed by atoms with Gasteiger partial charge in [0.25, 0.3) is 10.0 Å². The van der Waals surface area contributed by atoms with Crippen LogP contribution in [0.2, 0.25) is 0 Å². The first-order valence-electron chi connectivity index (χ1n) is 8.61. The van der Waals surface area contributed by atoms with Crippen LogP contribution in [0.3, 0.4) is 0 Å². The molecule has 0 atom stereocenters. The highest BCUT2D eigenvalue weighted by molar-refractivity contribution is 7.92. The Morgan fingerprint density at radius 2 is 1.76 bits per heavy atom. The topological polar surface area (TPSA) is 53.9 Å². The van der Waals surface area contributed by atoms with Crippen molar-refractivity contribution in [3.8, 4) is 0 Å². The smallest absolute Gasteiger partial charge is 0.261 e. The van der Waals surface area contributed by atoms with Gasteiger partial charge in [0.1, 0.15) is 0 Å². The molecular weight excluding hydrogens is 334 g/mol. The summed E-state index contributed by atoms with van der Waals surface area (Å²) in [5.41, 5.74) is 3.64. The number of anilines is 2. The molecule has 1 aliphatic heterocycles. The zero-order chi connectivity index (χ0) is 18.0. The highest BCUT2D eigenvalue weighted by atomic mass is 32.2. The Balaban J connectivity index is 1.79. The van der Waals surface area contributed by atoms with Crippen molar-refractivity contribution in [3.05, 3.63) is 53.6 Å². The lowest BCUT2D eigenvalue weighted by atomic mass is 10.1. The molecule has 2 aromatic rings. The van der Waals surface area contributed by atoms with E-state index in [1.807, 2.05) is 32.0 Å². The van der Waals surface area contributed by atoms with Gasteiger partial charge in [-0.05, 0) is 55.3 Å². The van der Waals surface area contributed by atoms with E-state index in [4.69, 9.17) is 0 Å². The first-order chi connectivity index (χ1) is 11.8. The van der Waals surface area contributed by atoms with Crippen molar-refractivity contribution >= 4 is 21.4 Å². The SMILES string of the molecule is Cc1cccc(S(=O)(=O)Nc2ccc(N3CC[NH+](C)CC3)cc2C)c1. The van der Waals surface area contributed by atoms with Crippen LogP contribution in [0.5, 0.6) is 0 Å². The third-order valence-electron chi connectivity index (χ3n) is 4.74. The van der Waals surface area contributed by atoms with Crippen molar-refractivity contribution in [3.63, 3.8) is 0 Å². The van der Waals surface area contributed by atoms with Gasteiger partial charge >= 0.3 is 0 Å². The van der Waals surface area contributed by atoms with Crippen LogP contribution in [0.25, 0.3) is 0 Å². The highest BCUT2D eigenvalue weighted by Crippen LogP contribution is 2.25. The van der Waals surface area contributed by atoms with Gasteiger partial charge in [-0.25, -0.2) is 8.42 Å². The first kappa shape index (κ1) is 17.8. The van der Waals surface area contributed by atoms with Crippen molar-refractivity contribution < 1.29 is 13.3 Å². The summed E-state index contributed by atoms with van der Waals surface area (Å²) in [6.45, 7) is 8.14. The molecule has 0 aromatic heterocycles. The summed E-state index contributed by atoms with van der Waals surface area (Å²) in [5, 5.41) is 0. The largest absolute Gasteiger partial charge is 0.360 e. The van der Waals surface area contributed by atoms with E-state index in [0.29, 0.717) is 5.69 Å². The molecule has 5 nitrogen and oxygen atoms in total. The molecule has 0 saturated carbocycles. The Morgan fingerprint density at radius 3 is 2.40 bits per heavy atom. The molecular formula is C19H26N3O2S+. The minimum absolute atomic E-state index is 0.290. The fourth-order valence-electron chi connectivity index (χ4n) is 3.09. The number of nitrogens with one attached hydrogen (secondary N) is 2. The van der Waals surface area contributed by atoms with E-state index >= 15 is 0 Å². The molecule has 0 amide bonds. The van der Waals surface area contributed by atoms with Crippen LogP contribution in [0.1, 0.15) is 11.1 Å². The Kier molecular flexibility index (Phi) is 5.01. The summed E-state index contributed by atoms with van der Waals surface area (Å²) in [4.78, 5) is 4.20. The summed E-state index contributed by atoms with van der Waals surface area (Å²) in [6, 6.07) is 12.9. The minimum atomic E-state index is -3.57. The van der Waals surface area contributed by atoms with Gasteiger partial charge in [-0.1, -0.05) is 12.1 Å². The molecule has 2 aromatic carbocycles. The van der Waals surface area contributed by atoms with Gasteiger partial charge in [0.2, 0.25) is 0 Å². The van der Waals surface area contributed by atoms with Crippen LogP contribution in [0.4, 0.5) is 11.4 Å². The second kappa shape index (κ2) is 7.06. The van der Waals surface area contributed by atoms with E-state index < -0.39 is 10.0 Å². The molecule has 0 radical (unpaired) electrons. The van der Waals surface area contributed by atoms with Gasteiger partial charge in [0, 0.05) is 5.69 Å². The number of aryl methyl sites for hydroxylation is 2. The highest BCUT2D eigenvalue weighted by Gasteiger charge is 2.19. The van der Waals surface area contributed by atoms with Crippen molar-refractivity contribution in [1.29, 1.82) is 0 Å². The predicted octanol–water partition coefficient (Wildman–Crippen LogP) is 1.44. The molecule has 0 spiro atoms. The van der Waals surface area contributed by atoms with E-state index in [-0.39, 0.29) is 4.90 Å². The van der Waals surface area contributed by atoms with Gasteiger partial charge in [-0.3, -0.25) is 4.72 Å². The van der Waals surface area contributed by atoms with Gasteiger partial charge in [-0.2, -0.15) is 0 Å². The zero-order valence-electron chi connectivity index (χ0n) is 15.0. The second-order valence-corrected chi connectivity index (χ2v) is 8.55. The molecule has 1 heterocycles. The number of piperazine rings is 1. The third kappa shape index (κ3) is 4.14. The van der Waals surface area contributed by atoms with Gasteiger partial charge < -0.3 is 9.80 Å². The van der Waals surface area contributed by atoms with Crippen LogP contribution in [0.15, 0.2) is 47.4 Å². The molecule has 134 valence electrons. The number of nitrogens with zero attached hydrogens (tertiary/aromatic N) is 1. The molecule has 0 aliphatic carbocycles. The molecule has 1 saturated heterocycles. The predicted molar refractivity (Wildman–Crippen MR) is 102 cm³/mol. The van der Waals surface area contributed by atoms with E-state index in [1.165, 1.54) is 0 Å². The van der Waals surface area contributed by atoms with Crippen molar-refractivity contribution in [2.45, 2.75) is 18.7 Å². The third-order valence-corrected chi connectivity index (χ3v) is 6.10. The summed E-state index contributed by atoms with van der Waals surface area (Å²) >= 11 is 0. The Labute approximate surface area is 150 Å². The minimum Gasteiger partial charge on any atom is -0.360 e. The number of quaternary nitrogens is 1. The number of rotatable bonds is 4. The summed E-state index contributed by atoms with van der Waals surface area (Å²) in [6.07, 6.45) is 0. The van der Waals surface area contributed by atoms with Crippen molar-refractivity contribution in [1.82, 2.24) is 0 Å². The van der Waals surface area contributed by atoms with Gasteiger partial charge in [0.15, 0.2) is 0 Å².